The van der Waals surface area contributed by atoms with Crippen molar-refractivity contribution in [1.82, 2.24) is 25.0 Å². The molecule has 9 heteroatoms. The van der Waals surface area contributed by atoms with Crippen molar-refractivity contribution in [1.29, 1.82) is 0 Å². The zero-order valence-corrected chi connectivity index (χ0v) is 17.1. The Balaban J connectivity index is 1.37. The van der Waals surface area contributed by atoms with Crippen LogP contribution in [0, 0.1) is 0 Å². The molecule has 0 radical (unpaired) electrons. The van der Waals surface area contributed by atoms with E-state index in [1.54, 1.807) is 4.68 Å². The highest BCUT2D eigenvalue weighted by Gasteiger charge is 2.25. The minimum atomic E-state index is 0.00449. The van der Waals surface area contributed by atoms with Crippen molar-refractivity contribution in [2.75, 3.05) is 57.9 Å². The van der Waals surface area contributed by atoms with Crippen molar-refractivity contribution in [3.05, 3.63) is 41.9 Å². The van der Waals surface area contributed by atoms with Gasteiger partial charge in [0.2, 0.25) is 0 Å². The second-order valence-electron chi connectivity index (χ2n) is 7.28. The van der Waals surface area contributed by atoms with Gasteiger partial charge in [-0.3, -0.25) is 9.67 Å². The number of aryl methyl sites for hydroxylation is 1. The molecule has 156 valence electrons. The lowest BCUT2D eigenvalue weighted by Gasteiger charge is -2.34. The average molecular weight is 399 g/mol. The SMILES string of the molecule is CN=C(NCc1ccnc(N2CCOCC2)c1)N1CCOC(c2cnn(C)c2)C1. The molecule has 0 spiro atoms. The molecule has 1 unspecified atom stereocenters. The molecule has 2 aromatic rings. The molecule has 1 atom stereocenters. The van der Waals surface area contributed by atoms with Gasteiger partial charge in [-0.05, 0) is 17.7 Å². The Hall–Kier alpha value is -2.65. The second kappa shape index (κ2) is 9.23. The number of nitrogens with one attached hydrogen (secondary N) is 1. The molecule has 1 N–H and O–H groups in total. The molecule has 0 saturated carbocycles. The van der Waals surface area contributed by atoms with Crippen molar-refractivity contribution in [2.45, 2.75) is 12.6 Å². The van der Waals surface area contributed by atoms with Gasteiger partial charge in [0.1, 0.15) is 11.9 Å². The van der Waals surface area contributed by atoms with E-state index in [2.05, 4.69) is 36.3 Å². The van der Waals surface area contributed by atoms with Gasteiger partial charge in [-0.15, -0.1) is 0 Å². The van der Waals surface area contributed by atoms with Crippen LogP contribution in [0.3, 0.4) is 0 Å². The average Bonchev–Trinajstić information content (AvgIpc) is 3.22. The molecule has 0 aliphatic carbocycles. The molecule has 2 fully saturated rings. The third-order valence-corrected chi connectivity index (χ3v) is 5.27. The number of hydrogen-bond acceptors (Lipinski definition) is 6. The van der Waals surface area contributed by atoms with Crippen molar-refractivity contribution >= 4 is 11.8 Å². The number of aromatic nitrogens is 3. The number of morpholine rings is 2. The smallest absolute Gasteiger partial charge is 0.194 e. The third kappa shape index (κ3) is 4.86. The minimum Gasteiger partial charge on any atom is -0.378 e. The predicted molar refractivity (Wildman–Crippen MR) is 111 cm³/mol. The molecule has 2 saturated heterocycles. The zero-order valence-electron chi connectivity index (χ0n) is 17.1. The van der Waals surface area contributed by atoms with Crippen LogP contribution in [0.15, 0.2) is 35.7 Å². The molecular formula is C20H29N7O2. The van der Waals surface area contributed by atoms with Gasteiger partial charge >= 0.3 is 0 Å². The van der Waals surface area contributed by atoms with Crippen LogP contribution in [0.2, 0.25) is 0 Å². The molecule has 9 nitrogen and oxygen atoms in total. The predicted octanol–water partition coefficient (Wildman–Crippen LogP) is 0.801. The van der Waals surface area contributed by atoms with Crippen LogP contribution >= 0.6 is 0 Å². The van der Waals surface area contributed by atoms with Crippen LogP contribution in [0.5, 0.6) is 0 Å². The Kier molecular flexibility index (Phi) is 6.26. The van der Waals surface area contributed by atoms with Crippen LogP contribution < -0.4 is 10.2 Å². The van der Waals surface area contributed by atoms with Crippen LogP contribution in [-0.4, -0.2) is 78.7 Å². The zero-order chi connectivity index (χ0) is 20.1. The van der Waals surface area contributed by atoms with E-state index in [1.165, 1.54) is 5.56 Å². The van der Waals surface area contributed by atoms with Crippen LogP contribution in [-0.2, 0) is 23.1 Å². The summed E-state index contributed by atoms with van der Waals surface area (Å²) >= 11 is 0. The van der Waals surface area contributed by atoms with E-state index in [-0.39, 0.29) is 6.10 Å². The number of guanidine groups is 1. The summed E-state index contributed by atoms with van der Waals surface area (Å²) in [5.41, 5.74) is 2.27. The first kappa shape index (κ1) is 19.7. The van der Waals surface area contributed by atoms with Gasteiger partial charge in [-0.2, -0.15) is 5.10 Å². The lowest BCUT2D eigenvalue weighted by Crippen LogP contribution is -2.47. The van der Waals surface area contributed by atoms with Crippen LogP contribution in [0.25, 0.3) is 0 Å². The maximum Gasteiger partial charge on any atom is 0.194 e. The van der Waals surface area contributed by atoms with Gasteiger partial charge in [0, 0.05) is 58.2 Å². The van der Waals surface area contributed by atoms with Gasteiger partial charge in [-0.25, -0.2) is 4.98 Å². The number of anilines is 1. The van der Waals surface area contributed by atoms with E-state index in [0.717, 1.165) is 56.7 Å². The maximum atomic E-state index is 5.95. The molecule has 2 aliphatic rings. The topological polar surface area (TPSA) is 80.0 Å². The summed E-state index contributed by atoms with van der Waals surface area (Å²) in [5, 5.41) is 7.75. The normalized spacial score (nSPS) is 20.8. The van der Waals surface area contributed by atoms with E-state index < -0.39 is 0 Å². The summed E-state index contributed by atoms with van der Waals surface area (Å²) in [5.74, 6) is 1.89. The van der Waals surface area contributed by atoms with Gasteiger partial charge in [0.25, 0.3) is 0 Å². The number of pyridine rings is 1. The second-order valence-corrected chi connectivity index (χ2v) is 7.28. The highest BCUT2D eigenvalue weighted by atomic mass is 16.5. The molecule has 2 aromatic heterocycles. The van der Waals surface area contributed by atoms with E-state index in [1.807, 2.05) is 38.8 Å². The van der Waals surface area contributed by atoms with Crippen molar-refractivity contribution in [2.24, 2.45) is 12.0 Å². The third-order valence-electron chi connectivity index (χ3n) is 5.27. The van der Waals surface area contributed by atoms with E-state index in [9.17, 15) is 0 Å². The van der Waals surface area contributed by atoms with Crippen molar-refractivity contribution in [3.8, 4) is 0 Å². The van der Waals surface area contributed by atoms with Crippen molar-refractivity contribution in [3.63, 3.8) is 0 Å². The van der Waals surface area contributed by atoms with Gasteiger partial charge in [-0.1, -0.05) is 0 Å². The fourth-order valence-electron chi connectivity index (χ4n) is 3.70. The number of nitrogens with zero attached hydrogens (tertiary/aromatic N) is 6. The number of rotatable bonds is 4. The molecule has 4 heterocycles. The molecule has 29 heavy (non-hydrogen) atoms. The standard InChI is InChI=1S/C20H29N7O2/c1-21-20(27-7-10-29-18(15-27)17-13-24-25(2)14-17)23-12-16-3-4-22-19(11-16)26-5-8-28-9-6-26/h3-4,11,13-14,18H,5-10,12,15H2,1-2H3,(H,21,23). The number of aliphatic imine (C=N–C) groups is 1. The molecule has 0 amide bonds. The first-order chi connectivity index (χ1) is 14.2. The van der Waals surface area contributed by atoms with E-state index >= 15 is 0 Å². The quantitative estimate of drug-likeness (QED) is 0.602. The summed E-state index contributed by atoms with van der Waals surface area (Å²) in [6, 6.07) is 4.19. The Labute approximate surface area is 171 Å². The lowest BCUT2D eigenvalue weighted by atomic mass is 10.1. The molecule has 2 aliphatic heterocycles. The fourth-order valence-corrected chi connectivity index (χ4v) is 3.70. The highest BCUT2D eigenvalue weighted by Crippen LogP contribution is 2.21. The van der Waals surface area contributed by atoms with Crippen LogP contribution in [0.1, 0.15) is 17.2 Å². The largest absolute Gasteiger partial charge is 0.378 e. The number of ether oxygens (including phenoxy) is 2. The summed E-state index contributed by atoms with van der Waals surface area (Å²) in [6.45, 7) is 6.20. The van der Waals surface area contributed by atoms with Crippen LogP contribution in [0.4, 0.5) is 5.82 Å². The summed E-state index contributed by atoms with van der Waals surface area (Å²) < 4.78 is 13.2. The summed E-state index contributed by atoms with van der Waals surface area (Å²) in [7, 11) is 3.74. The molecular weight excluding hydrogens is 370 g/mol. The van der Waals surface area contributed by atoms with E-state index in [4.69, 9.17) is 9.47 Å². The van der Waals surface area contributed by atoms with Crippen molar-refractivity contribution < 1.29 is 9.47 Å². The first-order valence-corrected chi connectivity index (χ1v) is 10.1. The van der Waals surface area contributed by atoms with E-state index in [0.29, 0.717) is 13.2 Å². The molecule has 4 rings (SSSR count). The molecule has 0 aromatic carbocycles. The Morgan fingerprint density at radius 3 is 2.90 bits per heavy atom. The Bertz CT molecular complexity index is 832. The highest BCUT2D eigenvalue weighted by molar-refractivity contribution is 5.80. The monoisotopic (exact) mass is 399 g/mol. The first-order valence-electron chi connectivity index (χ1n) is 10.1. The Morgan fingerprint density at radius 1 is 1.28 bits per heavy atom. The number of hydrogen-bond donors (Lipinski definition) is 1. The lowest BCUT2D eigenvalue weighted by molar-refractivity contribution is -0.00805. The maximum absolute atomic E-state index is 5.95. The Morgan fingerprint density at radius 2 is 2.14 bits per heavy atom. The van der Waals surface area contributed by atoms with Gasteiger partial charge < -0.3 is 24.6 Å². The molecule has 0 bridgehead atoms. The van der Waals surface area contributed by atoms with Gasteiger partial charge in [0.05, 0.1) is 32.6 Å². The fraction of sp³-hybridized carbons (Fsp3) is 0.550. The summed E-state index contributed by atoms with van der Waals surface area (Å²) in [4.78, 5) is 13.5. The minimum absolute atomic E-state index is 0.00449. The van der Waals surface area contributed by atoms with Gasteiger partial charge in [0.15, 0.2) is 5.96 Å². The summed E-state index contributed by atoms with van der Waals surface area (Å²) in [6.07, 6.45) is 5.76.